The molecule has 0 bridgehead atoms. The standard InChI is InChI=1S/C21H32/c1-8-19(5,6)10-12-20(7,11-9-18(2,3)4)15-17-16-21(17)13-14-21/h8-12,16H,1,13-15H2,2-7H3. The Morgan fingerprint density at radius 1 is 1.00 bits per heavy atom. The van der Waals surface area contributed by atoms with E-state index in [2.05, 4.69) is 78.5 Å². The quantitative estimate of drug-likeness (QED) is 0.490. The van der Waals surface area contributed by atoms with Crippen molar-refractivity contribution in [2.75, 3.05) is 0 Å². The van der Waals surface area contributed by atoms with Crippen LogP contribution in [0.1, 0.15) is 60.8 Å². The van der Waals surface area contributed by atoms with Gasteiger partial charge in [0.1, 0.15) is 0 Å². The Bertz CT molecular complexity index is 501. The molecule has 21 heavy (non-hydrogen) atoms. The zero-order valence-electron chi connectivity index (χ0n) is 14.8. The molecule has 0 N–H and O–H groups in total. The van der Waals surface area contributed by atoms with E-state index < -0.39 is 0 Å². The number of rotatable bonds is 6. The normalized spacial score (nSPS) is 23.4. The van der Waals surface area contributed by atoms with Gasteiger partial charge in [0.05, 0.1) is 0 Å². The Kier molecular flexibility index (Phi) is 3.89. The van der Waals surface area contributed by atoms with Gasteiger partial charge in [-0.05, 0) is 24.7 Å². The molecule has 1 saturated carbocycles. The van der Waals surface area contributed by atoms with Gasteiger partial charge in [0.15, 0.2) is 0 Å². The molecule has 2 aliphatic rings. The molecule has 1 spiro atoms. The Morgan fingerprint density at radius 2 is 1.57 bits per heavy atom. The molecule has 0 aromatic carbocycles. The van der Waals surface area contributed by atoms with Gasteiger partial charge in [-0.25, -0.2) is 0 Å². The second-order valence-electron chi connectivity index (χ2n) is 9.07. The summed E-state index contributed by atoms with van der Waals surface area (Å²) < 4.78 is 0. The average Bonchev–Trinajstić information content (AvgIpc) is 3.26. The molecule has 0 aromatic rings. The third-order valence-corrected chi connectivity index (χ3v) is 4.75. The summed E-state index contributed by atoms with van der Waals surface area (Å²) in [6, 6.07) is 0. The Hall–Kier alpha value is -1.04. The summed E-state index contributed by atoms with van der Waals surface area (Å²) in [6.45, 7) is 17.5. The summed E-state index contributed by atoms with van der Waals surface area (Å²) >= 11 is 0. The van der Waals surface area contributed by atoms with Crippen LogP contribution in [0, 0.1) is 21.7 Å². The van der Waals surface area contributed by atoms with Crippen LogP contribution < -0.4 is 0 Å². The lowest BCUT2D eigenvalue weighted by Gasteiger charge is -2.26. The molecular weight excluding hydrogens is 252 g/mol. The summed E-state index contributed by atoms with van der Waals surface area (Å²) in [5.74, 6) is 0. The molecule has 0 nitrogen and oxygen atoms in total. The number of hydrogen-bond donors (Lipinski definition) is 0. The van der Waals surface area contributed by atoms with Gasteiger partial charge in [0, 0.05) is 16.2 Å². The third-order valence-electron chi connectivity index (χ3n) is 4.75. The fraction of sp³-hybridized carbons (Fsp3) is 0.619. The first-order chi connectivity index (χ1) is 9.49. The van der Waals surface area contributed by atoms with Crippen LogP contribution >= 0.6 is 0 Å². The van der Waals surface area contributed by atoms with Crippen molar-refractivity contribution in [3.8, 4) is 0 Å². The molecule has 0 aromatic heterocycles. The Balaban J connectivity index is 2.14. The molecule has 2 aliphatic carbocycles. The molecule has 2 rings (SSSR count). The van der Waals surface area contributed by atoms with Crippen LogP contribution in [-0.4, -0.2) is 0 Å². The van der Waals surface area contributed by atoms with Crippen LogP contribution in [0.5, 0.6) is 0 Å². The number of hydrogen-bond acceptors (Lipinski definition) is 0. The SMILES string of the molecule is C=CC(C)(C)C=CC(C)(C=CC(C)(C)C)CC1=CC12CC2. The highest BCUT2D eigenvalue weighted by Crippen LogP contribution is 2.67. The predicted molar refractivity (Wildman–Crippen MR) is 94.2 cm³/mol. The second-order valence-corrected chi connectivity index (χ2v) is 9.07. The highest BCUT2D eigenvalue weighted by atomic mass is 14.6. The predicted octanol–water partition coefficient (Wildman–Crippen LogP) is 6.47. The van der Waals surface area contributed by atoms with Crippen molar-refractivity contribution in [2.45, 2.75) is 60.8 Å². The molecule has 1 atom stereocenters. The maximum absolute atomic E-state index is 3.94. The van der Waals surface area contributed by atoms with Crippen molar-refractivity contribution < 1.29 is 0 Å². The van der Waals surface area contributed by atoms with Gasteiger partial charge in [-0.1, -0.05) is 83.6 Å². The van der Waals surface area contributed by atoms with Crippen molar-refractivity contribution in [3.63, 3.8) is 0 Å². The molecule has 1 fully saturated rings. The largest absolute Gasteiger partial charge is 0.102 e. The second kappa shape index (κ2) is 5.00. The molecule has 1 unspecified atom stereocenters. The van der Waals surface area contributed by atoms with Crippen molar-refractivity contribution in [1.29, 1.82) is 0 Å². The fourth-order valence-electron chi connectivity index (χ4n) is 2.62. The van der Waals surface area contributed by atoms with Gasteiger partial charge < -0.3 is 0 Å². The van der Waals surface area contributed by atoms with E-state index in [0.717, 1.165) is 0 Å². The molecule has 0 saturated heterocycles. The van der Waals surface area contributed by atoms with Gasteiger partial charge in [0.2, 0.25) is 0 Å². The molecular formula is C21H32. The van der Waals surface area contributed by atoms with E-state index in [1.54, 1.807) is 5.57 Å². The molecule has 116 valence electrons. The van der Waals surface area contributed by atoms with Crippen molar-refractivity contribution in [3.05, 3.63) is 48.6 Å². The van der Waals surface area contributed by atoms with Crippen LogP contribution in [0.3, 0.4) is 0 Å². The summed E-state index contributed by atoms with van der Waals surface area (Å²) in [6.07, 6.45) is 18.0. The summed E-state index contributed by atoms with van der Waals surface area (Å²) in [7, 11) is 0. The highest BCUT2D eigenvalue weighted by molar-refractivity contribution is 5.46. The number of allylic oxidation sites excluding steroid dienone is 7. The van der Waals surface area contributed by atoms with E-state index in [4.69, 9.17) is 0 Å². The lowest BCUT2D eigenvalue weighted by Crippen LogP contribution is -2.14. The lowest BCUT2D eigenvalue weighted by atomic mass is 9.79. The minimum Gasteiger partial charge on any atom is -0.102 e. The maximum Gasteiger partial charge on any atom is 0.00953 e. The van der Waals surface area contributed by atoms with E-state index in [1.807, 2.05) is 6.08 Å². The monoisotopic (exact) mass is 284 g/mol. The van der Waals surface area contributed by atoms with Crippen molar-refractivity contribution in [2.24, 2.45) is 21.7 Å². The van der Waals surface area contributed by atoms with Gasteiger partial charge in [-0.15, -0.1) is 6.58 Å². The summed E-state index contributed by atoms with van der Waals surface area (Å²) in [5, 5.41) is 0. The van der Waals surface area contributed by atoms with Crippen LogP contribution in [0.2, 0.25) is 0 Å². The van der Waals surface area contributed by atoms with Crippen LogP contribution in [0.25, 0.3) is 0 Å². The summed E-state index contributed by atoms with van der Waals surface area (Å²) in [4.78, 5) is 0. The maximum atomic E-state index is 3.94. The van der Waals surface area contributed by atoms with Gasteiger partial charge in [-0.2, -0.15) is 0 Å². The first kappa shape index (κ1) is 16.3. The van der Waals surface area contributed by atoms with E-state index in [1.165, 1.54) is 19.3 Å². The Labute approximate surface area is 131 Å². The first-order valence-corrected chi connectivity index (χ1v) is 8.26. The van der Waals surface area contributed by atoms with E-state index >= 15 is 0 Å². The molecule has 0 heterocycles. The fourth-order valence-corrected chi connectivity index (χ4v) is 2.62. The average molecular weight is 284 g/mol. The minimum absolute atomic E-state index is 0.0615. The Morgan fingerprint density at radius 3 is 2.00 bits per heavy atom. The third kappa shape index (κ3) is 4.46. The minimum atomic E-state index is 0.0615. The topological polar surface area (TPSA) is 0 Å². The first-order valence-electron chi connectivity index (χ1n) is 8.26. The van der Waals surface area contributed by atoms with E-state index in [-0.39, 0.29) is 16.2 Å². The van der Waals surface area contributed by atoms with Crippen LogP contribution in [0.4, 0.5) is 0 Å². The zero-order valence-corrected chi connectivity index (χ0v) is 14.8. The van der Waals surface area contributed by atoms with E-state index in [9.17, 15) is 0 Å². The van der Waals surface area contributed by atoms with Crippen molar-refractivity contribution >= 4 is 0 Å². The van der Waals surface area contributed by atoms with E-state index in [0.29, 0.717) is 5.41 Å². The highest BCUT2D eigenvalue weighted by Gasteiger charge is 2.54. The van der Waals surface area contributed by atoms with Gasteiger partial charge in [0.25, 0.3) is 0 Å². The van der Waals surface area contributed by atoms with Crippen molar-refractivity contribution in [1.82, 2.24) is 0 Å². The lowest BCUT2D eigenvalue weighted by molar-refractivity contribution is 0.496. The molecule has 0 amide bonds. The van der Waals surface area contributed by atoms with Gasteiger partial charge >= 0.3 is 0 Å². The van der Waals surface area contributed by atoms with Gasteiger partial charge in [-0.3, -0.25) is 0 Å². The molecule has 0 aliphatic heterocycles. The summed E-state index contributed by atoms with van der Waals surface area (Å²) in [5.41, 5.74) is 2.68. The zero-order chi connectivity index (χ0) is 15.9. The smallest absolute Gasteiger partial charge is 0.00953 e. The molecule has 0 radical (unpaired) electrons. The van der Waals surface area contributed by atoms with Crippen LogP contribution in [-0.2, 0) is 0 Å². The molecule has 0 heteroatoms. The van der Waals surface area contributed by atoms with Crippen LogP contribution in [0.15, 0.2) is 48.6 Å².